The molecule has 0 fully saturated rings. The number of aryl methyl sites for hydroxylation is 1. The second kappa shape index (κ2) is 7.34. The van der Waals surface area contributed by atoms with Crippen LogP contribution in [0.25, 0.3) is 0 Å². The van der Waals surface area contributed by atoms with Gasteiger partial charge in [0.05, 0.1) is 0 Å². The minimum absolute atomic E-state index is 0.238. The van der Waals surface area contributed by atoms with Crippen molar-refractivity contribution in [1.29, 1.82) is 0 Å². The molecule has 17 heavy (non-hydrogen) atoms. The average Bonchev–Trinajstić information content (AvgIpc) is 2.69. The molecule has 0 bridgehead atoms. The first-order chi connectivity index (χ1) is 8.01. The molecular weight excluding hydrogens is 250 g/mol. The van der Waals surface area contributed by atoms with E-state index in [-0.39, 0.29) is 5.54 Å². The monoisotopic (exact) mass is 273 g/mol. The Hall–Kier alpha value is -0.130. The summed E-state index contributed by atoms with van der Waals surface area (Å²) in [4.78, 5) is 4.44. The molecular formula is C12H23N3S2. The fourth-order valence-corrected chi connectivity index (χ4v) is 3.06. The van der Waals surface area contributed by atoms with Crippen molar-refractivity contribution in [2.24, 2.45) is 0 Å². The molecule has 0 aliphatic heterocycles. The Morgan fingerprint density at radius 3 is 2.65 bits per heavy atom. The Kier molecular flexibility index (Phi) is 6.44. The van der Waals surface area contributed by atoms with Gasteiger partial charge in [0.15, 0.2) is 4.34 Å². The van der Waals surface area contributed by atoms with Gasteiger partial charge in [-0.2, -0.15) is 4.37 Å². The zero-order chi connectivity index (χ0) is 12.7. The van der Waals surface area contributed by atoms with Crippen molar-refractivity contribution in [3.8, 4) is 0 Å². The highest BCUT2D eigenvalue weighted by molar-refractivity contribution is 8.00. The van der Waals surface area contributed by atoms with E-state index in [4.69, 9.17) is 0 Å². The summed E-state index contributed by atoms with van der Waals surface area (Å²) in [5.41, 5.74) is 0.238. The van der Waals surface area contributed by atoms with E-state index in [2.05, 4.69) is 42.4 Å². The molecule has 0 unspecified atom stereocenters. The number of hydrogen-bond donors (Lipinski definition) is 1. The summed E-state index contributed by atoms with van der Waals surface area (Å²) in [6.45, 7) is 9.80. The van der Waals surface area contributed by atoms with Crippen molar-refractivity contribution < 1.29 is 0 Å². The van der Waals surface area contributed by atoms with Crippen LogP contribution >= 0.6 is 23.3 Å². The van der Waals surface area contributed by atoms with Crippen molar-refractivity contribution in [1.82, 2.24) is 14.7 Å². The van der Waals surface area contributed by atoms with Crippen LogP contribution in [-0.4, -0.2) is 27.2 Å². The van der Waals surface area contributed by atoms with E-state index in [0.29, 0.717) is 0 Å². The molecule has 0 aliphatic rings. The molecule has 0 aromatic carbocycles. The predicted molar refractivity (Wildman–Crippen MR) is 77.0 cm³/mol. The summed E-state index contributed by atoms with van der Waals surface area (Å²) in [6.07, 6.45) is 3.39. The number of aromatic nitrogens is 2. The van der Waals surface area contributed by atoms with E-state index in [9.17, 15) is 0 Å². The average molecular weight is 273 g/mol. The van der Waals surface area contributed by atoms with Gasteiger partial charge in [0, 0.05) is 17.7 Å². The highest BCUT2D eigenvalue weighted by atomic mass is 32.2. The first-order valence-corrected chi connectivity index (χ1v) is 7.97. The minimum Gasteiger partial charge on any atom is -0.312 e. The molecule has 0 atom stereocenters. The maximum Gasteiger partial charge on any atom is 0.170 e. The number of thioether (sulfide) groups is 1. The van der Waals surface area contributed by atoms with Crippen LogP contribution in [0, 0.1) is 0 Å². The molecule has 0 aliphatic carbocycles. The largest absolute Gasteiger partial charge is 0.312 e. The summed E-state index contributed by atoms with van der Waals surface area (Å²) in [5.74, 6) is 2.12. The van der Waals surface area contributed by atoms with Gasteiger partial charge in [-0.15, -0.1) is 0 Å². The van der Waals surface area contributed by atoms with E-state index < -0.39 is 0 Å². The molecule has 1 aromatic heterocycles. The molecule has 98 valence electrons. The lowest BCUT2D eigenvalue weighted by molar-refractivity contribution is 0.421. The predicted octanol–water partition coefficient (Wildman–Crippen LogP) is 3.36. The molecule has 0 radical (unpaired) electrons. The van der Waals surface area contributed by atoms with Gasteiger partial charge in [-0.25, -0.2) is 4.98 Å². The molecule has 1 N–H and O–H groups in total. The SMILES string of the molecule is CCc1nsc(SCCCCNC(C)(C)C)n1. The first-order valence-electron chi connectivity index (χ1n) is 6.21. The topological polar surface area (TPSA) is 37.8 Å². The van der Waals surface area contributed by atoms with Crippen LogP contribution < -0.4 is 5.32 Å². The van der Waals surface area contributed by atoms with Crippen molar-refractivity contribution in [2.75, 3.05) is 12.3 Å². The summed E-state index contributed by atoms with van der Waals surface area (Å²) in [7, 11) is 0. The molecule has 1 rings (SSSR count). The molecule has 0 saturated carbocycles. The standard InChI is InChI=1S/C12H23N3S2/c1-5-10-14-11(17-15-10)16-9-7-6-8-13-12(2,3)4/h13H,5-9H2,1-4H3. The maximum atomic E-state index is 4.44. The Labute approximate surface area is 113 Å². The summed E-state index contributed by atoms with van der Waals surface area (Å²) in [6, 6.07) is 0. The first kappa shape index (κ1) is 14.9. The number of nitrogens with one attached hydrogen (secondary N) is 1. The zero-order valence-electron chi connectivity index (χ0n) is 11.2. The van der Waals surface area contributed by atoms with Crippen LogP contribution in [-0.2, 0) is 6.42 Å². The third-order valence-corrected chi connectivity index (χ3v) is 4.18. The number of hydrogen-bond acceptors (Lipinski definition) is 5. The summed E-state index contributed by atoms with van der Waals surface area (Å²) in [5, 5.41) is 3.50. The van der Waals surface area contributed by atoms with Gasteiger partial charge in [-0.05, 0) is 51.7 Å². The van der Waals surface area contributed by atoms with Crippen molar-refractivity contribution in [3.63, 3.8) is 0 Å². The molecule has 0 amide bonds. The van der Waals surface area contributed by atoms with Gasteiger partial charge in [0.2, 0.25) is 0 Å². The van der Waals surface area contributed by atoms with Gasteiger partial charge in [0.1, 0.15) is 5.82 Å². The van der Waals surface area contributed by atoms with E-state index in [1.165, 1.54) is 24.4 Å². The van der Waals surface area contributed by atoms with Crippen LogP contribution in [0.3, 0.4) is 0 Å². The van der Waals surface area contributed by atoms with Crippen LogP contribution in [0.2, 0.25) is 0 Å². The van der Waals surface area contributed by atoms with E-state index in [0.717, 1.165) is 28.9 Å². The smallest absolute Gasteiger partial charge is 0.170 e. The molecule has 3 nitrogen and oxygen atoms in total. The van der Waals surface area contributed by atoms with Gasteiger partial charge in [-0.3, -0.25) is 0 Å². The third kappa shape index (κ3) is 7.01. The normalized spacial score (nSPS) is 12.0. The zero-order valence-corrected chi connectivity index (χ0v) is 12.9. The Morgan fingerprint density at radius 2 is 2.06 bits per heavy atom. The van der Waals surface area contributed by atoms with Crippen LogP contribution in [0.1, 0.15) is 46.4 Å². The molecule has 1 heterocycles. The van der Waals surface area contributed by atoms with Gasteiger partial charge in [-0.1, -0.05) is 18.7 Å². The van der Waals surface area contributed by atoms with Gasteiger partial charge >= 0.3 is 0 Å². The van der Waals surface area contributed by atoms with Crippen molar-refractivity contribution in [3.05, 3.63) is 5.82 Å². The Balaban J connectivity index is 2.04. The minimum atomic E-state index is 0.238. The summed E-state index contributed by atoms with van der Waals surface area (Å²) >= 11 is 3.36. The Morgan fingerprint density at radius 1 is 1.29 bits per heavy atom. The molecule has 5 heteroatoms. The van der Waals surface area contributed by atoms with Crippen LogP contribution in [0.4, 0.5) is 0 Å². The summed E-state index contributed by atoms with van der Waals surface area (Å²) < 4.78 is 5.40. The van der Waals surface area contributed by atoms with E-state index in [1.54, 1.807) is 0 Å². The highest BCUT2D eigenvalue weighted by Crippen LogP contribution is 2.21. The highest BCUT2D eigenvalue weighted by Gasteiger charge is 2.07. The fourth-order valence-electron chi connectivity index (χ4n) is 1.29. The maximum absolute atomic E-state index is 4.44. The lowest BCUT2D eigenvalue weighted by atomic mass is 10.1. The van der Waals surface area contributed by atoms with E-state index >= 15 is 0 Å². The number of nitrogens with zero attached hydrogens (tertiary/aromatic N) is 2. The van der Waals surface area contributed by atoms with E-state index in [1.807, 2.05) is 11.8 Å². The van der Waals surface area contributed by atoms with Gasteiger partial charge in [0.25, 0.3) is 0 Å². The number of unbranched alkanes of at least 4 members (excludes halogenated alkanes) is 1. The lowest BCUT2D eigenvalue weighted by Crippen LogP contribution is -2.36. The van der Waals surface area contributed by atoms with Crippen LogP contribution in [0.15, 0.2) is 4.34 Å². The lowest BCUT2D eigenvalue weighted by Gasteiger charge is -2.20. The molecule has 0 saturated heterocycles. The quantitative estimate of drug-likeness (QED) is 0.610. The Bertz CT molecular complexity index is 318. The fraction of sp³-hybridized carbons (Fsp3) is 0.833. The van der Waals surface area contributed by atoms with Crippen LogP contribution in [0.5, 0.6) is 0 Å². The number of rotatable bonds is 7. The second-order valence-electron chi connectivity index (χ2n) is 5.06. The van der Waals surface area contributed by atoms with Crippen molar-refractivity contribution in [2.45, 2.75) is 56.8 Å². The molecule has 1 aromatic rings. The third-order valence-electron chi connectivity index (χ3n) is 2.22. The van der Waals surface area contributed by atoms with Crippen molar-refractivity contribution >= 4 is 23.3 Å². The molecule has 0 spiro atoms. The van der Waals surface area contributed by atoms with Gasteiger partial charge < -0.3 is 5.32 Å². The second-order valence-corrected chi connectivity index (χ2v) is 7.16.